The molecule has 1 aromatic carbocycles. The topological polar surface area (TPSA) is 44.1 Å². The standard InChI is InChI=1S/C17H22N2O/c1-17(14-18,15-9-5-4-6-10-15)13-16(20)19-11-7-2-3-8-12-19/h4-6,9-10H,2-3,7-8,11-13H2,1H3. The van der Waals surface area contributed by atoms with Gasteiger partial charge in [-0.1, -0.05) is 43.2 Å². The second-order valence-electron chi connectivity index (χ2n) is 5.78. The van der Waals surface area contributed by atoms with Gasteiger partial charge in [0.05, 0.1) is 11.5 Å². The van der Waals surface area contributed by atoms with Gasteiger partial charge in [-0.15, -0.1) is 0 Å². The van der Waals surface area contributed by atoms with Crippen molar-refractivity contribution in [1.82, 2.24) is 4.90 Å². The fraction of sp³-hybridized carbons (Fsp3) is 0.529. The first-order valence-corrected chi connectivity index (χ1v) is 7.40. The van der Waals surface area contributed by atoms with Gasteiger partial charge in [-0.3, -0.25) is 4.79 Å². The minimum atomic E-state index is -0.732. The predicted octanol–water partition coefficient (Wildman–Crippen LogP) is 3.26. The van der Waals surface area contributed by atoms with Crippen molar-refractivity contribution in [3.63, 3.8) is 0 Å². The molecule has 1 aliphatic heterocycles. The van der Waals surface area contributed by atoms with Crippen LogP contribution in [0.5, 0.6) is 0 Å². The molecule has 1 amide bonds. The van der Waals surface area contributed by atoms with E-state index in [1.165, 1.54) is 12.8 Å². The van der Waals surface area contributed by atoms with Crippen molar-refractivity contribution in [2.45, 2.75) is 44.4 Å². The molecule has 1 aromatic rings. The number of amides is 1. The highest BCUT2D eigenvalue weighted by atomic mass is 16.2. The lowest BCUT2D eigenvalue weighted by Gasteiger charge is -2.26. The molecule has 3 nitrogen and oxygen atoms in total. The average molecular weight is 270 g/mol. The molecule has 0 aliphatic carbocycles. The fourth-order valence-corrected chi connectivity index (χ4v) is 2.75. The van der Waals surface area contributed by atoms with Crippen LogP contribution in [0.25, 0.3) is 0 Å². The molecule has 0 spiro atoms. The Morgan fingerprint density at radius 2 is 1.80 bits per heavy atom. The third kappa shape index (κ3) is 3.39. The fourth-order valence-electron chi connectivity index (χ4n) is 2.75. The molecule has 1 saturated heterocycles. The zero-order chi connectivity index (χ0) is 14.4. The van der Waals surface area contributed by atoms with Crippen LogP contribution in [0.3, 0.4) is 0 Å². The van der Waals surface area contributed by atoms with Crippen LogP contribution < -0.4 is 0 Å². The normalized spacial score (nSPS) is 18.7. The summed E-state index contributed by atoms with van der Waals surface area (Å²) in [5.41, 5.74) is 0.190. The number of carbonyl (C=O) groups excluding carboxylic acids is 1. The lowest BCUT2D eigenvalue weighted by Crippen LogP contribution is -2.36. The molecule has 20 heavy (non-hydrogen) atoms. The van der Waals surface area contributed by atoms with E-state index in [0.717, 1.165) is 31.5 Å². The van der Waals surface area contributed by atoms with Crippen molar-refractivity contribution < 1.29 is 4.79 Å². The van der Waals surface area contributed by atoms with Gasteiger partial charge in [0.15, 0.2) is 0 Å². The van der Waals surface area contributed by atoms with Gasteiger partial charge >= 0.3 is 0 Å². The lowest BCUT2D eigenvalue weighted by atomic mass is 9.80. The molecule has 1 heterocycles. The number of nitriles is 1. The summed E-state index contributed by atoms with van der Waals surface area (Å²) in [5, 5.41) is 9.52. The summed E-state index contributed by atoms with van der Waals surface area (Å²) >= 11 is 0. The highest BCUT2D eigenvalue weighted by Gasteiger charge is 2.31. The van der Waals surface area contributed by atoms with E-state index in [1.807, 2.05) is 42.2 Å². The van der Waals surface area contributed by atoms with Gasteiger partial charge < -0.3 is 4.90 Å². The van der Waals surface area contributed by atoms with Crippen LogP contribution in [0.1, 0.15) is 44.6 Å². The third-order valence-electron chi connectivity index (χ3n) is 4.12. The molecule has 1 aliphatic rings. The van der Waals surface area contributed by atoms with Crippen LogP contribution >= 0.6 is 0 Å². The van der Waals surface area contributed by atoms with Gasteiger partial charge in [-0.25, -0.2) is 0 Å². The number of carbonyl (C=O) groups is 1. The maximum absolute atomic E-state index is 12.5. The van der Waals surface area contributed by atoms with Crippen LogP contribution in [0, 0.1) is 11.3 Å². The van der Waals surface area contributed by atoms with E-state index in [-0.39, 0.29) is 12.3 Å². The zero-order valence-electron chi connectivity index (χ0n) is 12.1. The lowest BCUT2D eigenvalue weighted by molar-refractivity contribution is -0.132. The largest absolute Gasteiger partial charge is 0.343 e. The van der Waals surface area contributed by atoms with Crippen LogP contribution in [0.4, 0.5) is 0 Å². The Hall–Kier alpha value is -1.82. The molecule has 106 valence electrons. The predicted molar refractivity (Wildman–Crippen MR) is 79.1 cm³/mol. The molecular weight excluding hydrogens is 248 g/mol. The number of benzene rings is 1. The Morgan fingerprint density at radius 1 is 1.20 bits per heavy atom. The molecule has 1 unspecified atom stereocenters. The minimum Gasteiger partial charge on any atom is -0.343 e. The first-order valence-electron chi connectivity index (χ1n) is 7.40. The van der Waals surface area contributed by atoms with Gasteiger partial charge in [0.25, 0.3) is 0 Å². The Bertz CT molecular complexity index is 483. The van der Waals surface area contributed by atoms with Crippen molar-refractivity contribution in [2.75, 3.05) is 13.1 Å². The summed E-state index contributed by atoms with van der Waals surface area (Å²) in [6.07, 6.45) is 4.85. The second kappa shape index (κ2) is 6.56. The van der Waals surface area contributed by atoms with Crippen molar-refractivity contribution in [3.05, 3.63) is 35.9 Å². The van der Waals surface area contributed by atoms with Crippen LogP contribution in [-0.4, -0.2) is 23.9 Å². The van der Waals surface area contributed by atoms with E-state index < -0.39 is 5.41 Å². The first kappa shape index (κ1) is 14.6. The molecule has 3 heteroatoms. The van der Waals surface area contributed by atoms with Crippen LogP contribution in [0.2, 0.25) is 0 Å². The molecule has 2 rings (SSSR count). The molecule has 0 N–H and O–H groups in total. The molecule has 0 aromatic heterocycles. The monoisotopic (exact) mass is 270 g/mol. The van der Waals surface area contributed by atoms with Gasteiger partial charge in [0, 0.05) is 19.5 Å². The van der Waals surface area contributed by atoms with Crippen LogP contribution in [0.15, 0.2) is 30.3 Å². The summed E-state index contributed by atoms with van der Waals surface area (Å²) in [6, 6.07) is 12.0. The number of hydrogen-bond donors (Lipinski definition) is 0. The van der Waals surface area contributed by atoms with Gasteiger partial charge in [-0.2, -0.15) is 5.26 Å². The Balaban J connectivity index is 2.09. The van der Waals surface area contributed by atoms with E-state index in [4.69, 9.17) is 0 Å². The average Bonchev–Trinajstić information content (AvgIpc) is 2.77. The number of hydrogen-bond acceptors (Lipinski definition) is 2. The van der Waals surface area contributed by atoms with Gasteiger partial charge in [-0.05, 0) is 25.3 Å². The zero-order valence-corrected chi connectivity index (χ0v) is 12.1. The maximum atomic E-state index is 12.5. The molecule has 0 radical (unpaired) electrons. The van der Waals surface area contributed by atoms with Crippen molar-refractivity contribution in [3.8, 4) is 6.07 Å². The number of rotatable bonds is 3. The summed E-state index contributed by atoms with van der Waals surface area (Å²) in [7, 11) is 0. The van der Waals surface area contributed by atoms with Gasteiger partial charge in [0.2, 0.25) is 5.91 Å². The Labute approximate surface area is 121 Å². The van der Waals surface area contributed by atoms with E-state index in [1.54, 1.807) is 0 Å². The SMILES string of the molecule is CC(C#N)(CC(=O)N1CCCCCC1)c1ccccc1. The highest BCUT2D eigenvalue weighted by Crippen LogP contribution is 2.28. The maximum Gasteiger partial charge on any atom is 0.224 e. The summed E-state index contributed by atoms with van der Waals surface area (Å²) in [4.78, 5) is 14.4. The van der Waals surface area contributed by atoms with Crippen molar-refractivity contribution in [1.29, 1.82) is 5.26 Å². The van der Waals surface area contributed by atoms with Crippen molar-refractivity contribution in [2.24, 2.45) is 0 Å². The summed E-state index contributed by atoms with van der Waals surface area (Å²) in [6.45, 7) is 3.54. The number of nitrogens with zero attached hydrogens (tertiary/aromatic N) is 2. The van der Waals surface area contributed by atoms with Gasteiger partial charge in [0.1, 0.15) is 0 Å². The quantitative estimate of drug-likeness (QED) is 0.846. The molecule has 1 fully saturated rings. The molecular formula is C17H22N2O. The molecule has 0 saturated carbocycles. The number of likely N-dealkylation sites (tertiary alicyclic amines) is 1. The molecule has 0 bridgehead atoms. The Kier molecular flexibility index (Phi) is 4.79. The smallest absolute Gasteiger partial charge is 0.224 e. The van der Waals surface area contributed by atoms with Crippen LogP contribution in [-0.2, 0) is 10.2 Å². The van der Waals surface area contributed by atoms with E-state index >= 15 is 0 Å². The van der Waals surface area contributed by atoms with Crippen molar-refractivity contribution >= 4 is 5.91 Å². The van der Waals surface area contributed by atoms with E-state index in [0.29, 0.717) is 0 Å². The molecule has 1 atom stereocenters. The third-order valence-corrected chi connectivity index (χ3v) is 4.12. The van der Waals surface area contributed by atoms with E-state index in [2.05, 4.69) is 6.07 Å². The Morgan fingerprint density at radius 3 is 2.35 bits per heavy atom. The summed E-state index contributed by atoms with van der Waals surface area (Å²) < 4.78 is 0. The minimum absolute atomic E-state index is 0.111. The van der Waals surface area contributed by atoms with E-state index in [9.17, 15) is 10.1 Å². The first-order chi connectivity index (χ1) is 9.65. The second-order valence-corrected chi connectivity index (χ2v) is 5.78. The summed E-state index contributed by atoms with van der Waals surface area (Å²) in [5.74, 6) is 0.111. The highest BCUT2D eigenvalue weighted by molar-refractivity contribution is 5.78.